The van der Waals surface area contributed by atoms with E-state index < -0.39 is 0 Å². The predicted molar refractivity (Wildman–Crippen MR) is 97.3 cm³/mol. The zero-order chi connectivity index (χ0) is 18.3. The average molecular weight is 355 g/mol. The van der Waals surface area contributed by atoms with E-state index in [1.54, 1.807) is 6.07 Å². The molecule has 1 saturated carbocycles. The van der Waals surface area contributed by atoms with Crippen molar-refractivity contribution in [2.45, 2.75) is 51.7 Å². The number of hydrogen-bond acceptors (Lipinski definition) is 6. The monoisotopic (exact) mass is 355 g/mol. The lowest BCUT2D eigenvalue weighted by molar-refractivity contribution is 0.532. The second-order valence-electron chi connectivity index (χ2n) is 7.23. The van der Waals surface area contributed by atoms with Crippen molar-refractivity contribution in [3.8, 4) is 0 Å². The highest BCUT2D eigenvalue weighted by atomic mass is 19.1. The highest BCUT2D eigenvalue weighted by Gasteiger charge is 2.38. The maximum atomic E-state index is 13.1. The first-order valence-electron chi connectivity index (χ1n) is 8.81. The molecule has 3 aromatic rings. The molecule has 0 aromatic carbocycles. The van der Waals surface area contributed by atoms with E-state index in [0.717, 1.165) is 41.1 Å². The van der Waals surface area contributed by atoms with Gasteiger partial charge in [-0.25, -0.2) is 14.4 Å². The standard InChI is InChI=1S/C19H22FN5O/c1-11(15-5-4-13(20)8-22-15)21-9-14-12(2)26-18-16(14)17(23-10-24-18)25-19(3)6-7-19/h4-5,8,10-11,21H,6-7,9H2,1-3H3,(H,23,24,25). The molecule has 1 unspecified atom stereocenters. The van der Waals surface area contributed by atoms with Crippen molar-refractivity contribution in [3.63, 3.8) is 0 Å². The molecule has 1 fully saturated rings. The molecule has 1 aliphatic rings. The van der Waals surface area contributed by atoms with E-state index in [2.05, 4.69) is 32.5 Å². The summed E-state index contributed by atoms with van der Waals surface area (Å²) in [5.74, 6) is 1.30. The number of aromatic nitrogens is 3. The third kappa shape index (κ3) is 3.26. The number of halogens is 1. The van der Waals surface area contributed by atoms with Gasteiger partial charge in [0.1, 0.15) is 23.7 Å². The molecule has 2 N–H and O–H groups in total. The lowest BCUT2D eigenvalue weighted by Gasteiger charge is -2.15. The SMILES string of the molecule is Cc1oc2ncnc(NC3(C)CC3)c2c1CNC(C)c1ccc(F)cn1. The van der Waals surface area contributed by atoms with E-state index in [9.17, 15) is 4.39 Å². The fraction of sp³-hybridized carbons (Fsp3) is 0.421. The van der Waals surface area contributed by atoms with Crippen LogP contribution in [0.15, 0.2) is 29.1 Å². The maximum absolute atomic E-state index is 13.1. The molecule has 0 aliphatic heterocycles. The Morgan fingerprint density at radius 1 is 1.27 bits per heavy atom. The second kappa shape index (κ2) is 6.32. The van der Waals surface area contributed by atoms with Crippen molar-refractivity contribution in [2.75, 3.05) is 5.32 Å². The van der Waals surface area contributed by atoms with Crippen LogP contribution in [-0.4, -0.2) is 20.5 Å². The Hall–Kier alpha value is -2.54. The van der Waals surface area contributed by atoms with Crippen molar-refractivity contribution < 1.29 is 8.81 Å². The molecule has 0 saturated heterocycles. The summed E-state index contributed by atoms with van der Waals surface area (Å²) in [5.41, 5.74) is 2.52. The highest BCUT2D eigenvalue weighted by Crippen LogP contribution is 2.40. The molecular formula is C19H22FN5O. The summed E-state index contributed by atoms with van der Waals surface area (Å²) in [6.07, 6.45) is 5.03. The fourth-order valence-electron chi connectivity index (χ4n) is 3.01. The first-order valence-corrected chi connectivity index (χ1v) is 8.81. The zero-order valence-electron chi connectivity index (χ0n) is 15.1. The predicted octanol–water partition coefficient (Wildman–Crippen LogP) is 3.88. The summed E-state index contributed by atoms with van der Waals surface area (Å²) in [7, 11) is 0. The summed E-state index contributed by atoms with van der Waals surface area (Å²) < 4.78 is 18.9. The van der Waals surface area contributed by atoms with Crippen LogP contribution in [0.5, 0.6) is 0 Å². The van der Waals surface area contributed by atoms with Crippen molar-refractivity contribution in [1.29, 1.82) is 0 Å². The van der Waals surface area contributed by atoms with Crippen LogP contribution in [0, 0.1) is 12.7 Å². The van der Waals surface area contributed by atoms with Crippen molar-refractivity contribution in [3.05, 3.63) is 47.5 Å². The van der Waals surface area contributed by atoms with Gasteiger partial charge < -0.3 is 15.1 Å². The molecule has 0 radical (unpaired) electrons. The smallest absolute Gasteiger partial charge is 0.231 e. The lowest BCUT2D eigenvalue weighted by Crippen LogP contribution is -2.20. The molecular weight excluding hydrogens is 333 g/mol. The minimum Gasteiger partial charge on any atom is -0.443 e. The van der Waals surface area contributed by atoms with Crippen LogP contribution in [0.1, 0.15) is 49.7 Å². The van der Waals surface area contributed by atoms with Crippen LogP contribution in [0.4, 0.5) is 10.2 Å². The molecule has 1 aliphatic carbocycles. The number of nitrogens with zero attached hydrogens (tertiary/aromatic N) is 3. The van der Waals surface area contributed by atoms with E-state index in [4.69, 9.17) is 4.42 Å². The molecule has 3 aromatic heterocycles. The Kier molecular flexibility index (Phi) is 4.11. The van der Waals surface area contributed by atoms with Gasteiger partial charge in [0.2, 0.25) is 5.71 Å². The Bertz CT molecular complexity index is 933. The first kappa shape index (κ1) is 16.9. The summed E-state index contributed by atoms with van der Waals surface area (Å²) in [6.45, 7) is 6.70. The summed E-state index contributed by atoms with van der Waals surface area (Å²) >= 11 is 0. The number of fused-ring (bicyclic) bond motifs is 1. The van der Waals surface area contributed by atoms with Crippen molar-refractivity contribution in [2.24, 2.45) is 0 Å². The van der Waals surface area contributed by atoms with Crippen LogP contribution in [-0.2, 0) is 6.54 Å². The van der Waals surface area contributed by atoms with Gasteiger partial charge in [-0.2, -0.15) is 0 Å². The molecule has 7 heteroatoms. The summed E-state index contributed by atoms with van der Waals surface area (Å²) in [4.78, 5) is 12.8. The van der Waals surface area contributed by atoms with Crippen LogP contribution in [0.25, 0.3) is 11.1 Å². The van der Waals surface area contributed by atoms with Gasteiger partial charge in [0.15, 0.2) is 0 Å². The van der Waals surface area contributed by atoms with Gasteiger partial charge in [0.05, 0.1) is 17.3 Å². The topological polar surface area (TPSA) is 75.9 Å². The highest BCUT2D eigenvalue weighted by molar-refractivity contribution is 5.90. The molecule has 136 valence electrons. The third-order valence-corrected chi connectivity index (χ3v) is 4.99. The van der Waals surface area contributed by atoms with E-state index in [1.165, 1.54) is 18.6 Å². The summed E-state index contributed by atoms with van der Waals surface area (Å²) in [6, 6.07) is 3.09. The molecule has 3 heterocycles. The number of anilines is 1. The molecule has 1 atom stereocenters. The first-order chi connectivity index (χ1) is 12.5. The quantitative estimate of drug-likeness (QED) is 0.699. The zero-order valence-corrected chi connectivity index (χ0v) is 15.1. The largest absolute Gasteiger partial charge is 0.443 e. The number of pyridine rings is 1. The number of aryl methyl sites for hydroxylation is 1. The van der Waals surface area contributed by atoms with E-state index >= 15 is 0 Å². The van der Waals surface area contributed by atoms with E-state index in [0.29, 0.717) is 12.3 Å². The van der Waals surface area contributed by atoms with Crippen LogP contribution in [0.3, 0.4) is 0 Å². The minimum atomic E-state index is -0.334. The lowest BCUT2D eigenvalue weighted by atomic mass is 10.1. The maximum Gasteiger partial charge on any atom is 0.231 e. The number of nitrogens with one attached hydrogen (secondary N) is 2. The molecule has 4 rings (SSSR count). The van der Waals surface area contributed by atoms with Crippen molar-refractivity contribution >= 4 is 16.9 Å². The number of rotatable bonds is 6. The van der Waals surface area contributed by atoms with E-state index in [1.807, 2.05) is 13.8 Å². The van der Waals surface area contributed by atoms with Crippen molar-refractivity contribution in [1.82, 2.24) is 20.3 Å². The molecule has 0 spiro atoms. The Labute approximate surface area is 151 Å². The van der Waals surface area contributed by atoms with Crippen LogP contribution >= 0.6 is 0 Å². The fourth-order valence-corrected chi connectivity index (χ4v) is 3.01. The van der Waals surface area contributed by atoms with Gasteiger partial charge in [-0.3, -0.25) is 4.98 Å². The molecule has 0 bridgehead atoms. The van der Waals surface area contributed by atoms with E-state index in [-0.39, 0.29) is 17.4 Å². The van der Waals surface area contributed by atoms with Crippen LogP contribution in [0.2, 0.25) is 0 Å². The normalized spacial score (nSPS) is 16.6. The van der Waals surface area contributed by atoms with Gasteiger partial charge >= 0.3 is 0 Å². The Balaban J connectivity index is 1.59. The Morgan fingerprint density at radius 3 is 2.77 bits per heavy atom. The number of hydrogen-bond donors (Lipinski definition) is 2. The van der Waals surface area contributed by atoms with Gasteiger partial charge in [-0.15, -0.1) is 0 Å². The third-order valence-electron chi connectivity index (χ3n) is 4.99. The molecule has 6 nitrogen and oxygen atoms in total. The van der Waals surface area contributed by atoms with Crippen LogP contribution < -0.4 is 10.6 Å². The second-order valence-corrected chi connectivity index (χ2v) is 7.23. The molecule has 0 amide bonds. The summed E-state index contributed by atoms with van der Waals surface area (Å²) in [5, 5.41) is 7.87. The number of furan rings is 1. The van der Waals surface area contributed by atoms with Gasteiger partial charge in [0, 0.05) is 23.7 Å². The molecule has 26 heavy (non-hydrogen) atoms. The Morgan fingerprint density at radius 2 is 2.08 bits per heavy atom. The minimum absolute atomic E-state index is 0.0260. The van der Waals surface area contributed by atoms with Gasteiger partial charge in [-0.1, -0.05) is 0 Å². The average Bonchev–Trinajstić information content (AvgIpc) is 3.24. The van der Waals surface area contributed by atoms with Gasteiger partial charge in [0.25, 0.3) is 0 Å². The van der Waals surface area contributed by atoms with Gasteiger partial charge in [-0.05, 0) is 45.7 Å².